The lowest BCUT2D eigenvalue weighted by Crippen LogP contribution is -2.49. The zero-order chi connectivity index (χ0) is 22.0. The molecule has 4 rings (SSSR count). The minimum atomic E-state index is -3.60. The molecule has 0 bridgehead atoms. The largest absolute Gasteiger partial charge is 0.339 e. The Kier molecular flexibility index (Phi) is 6.36. The second kappa shape index (κ2) is 9.02. The normalized spacial score (nSPS) is 15.5. The fourth-order valence-electron chi connectivity index (χ4n) is 4.03. The van der Waals surface area contributed by atoms with E-state index in [0.29, 0.717) is 29.1 Å². The summed E-state index contributed by atoms with van der Waals surface area (Å²) in [6.07, 6.45) is 1.61. The van der Waals surface area contributed by atoms with E-state index < -0.39 is 9.84 Å². The van der Waals surface area contributed by atoms with E-state index in [2.05, 4.69) is 11.8 Å². The third kappa shape index (κ3) is 4.79. The molecule has 1 amide bonds. The number of carbonyl (C=O) groups excluding carboxylic acids is 1. The van der Waals surface area contributed by atoms with Crippen molar-refractivity contribution in [3.63, 3.8) is 0 Å². The average Bonchev–Trinajstić information content (AvgIpc) is 3.15. The molecule has 1 aliphatic heterocycles. The average molecular weight is 460 g/mol. The van der Waals surface area contributed by atoms with Crippen LogP contribution < -0.4 is 0 Å². The Hall–Kier alpha value is -2.35. The van der Waals surface area contributed by atoms with Crippen LogP contribution in [0.5, 0.6) is 0 Å². The van der Waals surface area contributed by atoms with Crippen LogP contribution in [0.25, 0.3) is 10.9 Å². The van der Waals surface area contributed by atoms with Crippen LogP contribution in [0.3, 0.4) is 0 Å². The highest BCUT2D eigenvalue weighted by Gasteiger charge is 2.24. The van der Waals surface area contributed by atoms with Gasteiger partial charge in [0, 0.05) is 48.3 Å². The highest BCUT2D eigenvalue weighted by atomic mass is 35.5. The van der Waals surface area contributed by atoms with Gasteiger partial charge in [0.1, 0.15) is 6.54 Å². The third-order valence-corrected chi connectivity index (χ3v) is 7.80. The van der Waals surface area contributed by atoms with Crippen molar-refractivity contribution in [3.05, 3.63) is 65.3 Å². The van der Waals surface area contributed by atoms with Crippen LogP contribution in [0.15, 0.2) is 59.6 Å². The molecule has 1 aromatic heterocycles. The number of aromatic nitrogens is 1. The van der Waals surface area contributed by atoms with Crippen molar-refractivity contribution < 1.29 is 13.2 Å². The van der Waals surface area contributed by atoms with Gasteiger partial charge in [0.2, 0.25) is 5.91 Å². The van der Waals surface area contributed by atoms with Gasteiger partial charge in [-0.25, -0.2) is 8.42 Å². The van der Waals surface area contributed by atoms with E-state index >= 15 is 0 Å². The van der Waals surface area contributed by atoms with Crippen LogP contribution in [0.2, 0.25) is 5.02 Å². The first-order valence-electron chi connectivity index (χ1n) is 10.4. The molecule has 2 aromatic carbocycles. The van der Waals surface area contributed by atoms with E-state index in [0.717, 1.165) is 25.2 Å². The Labute approximate surface area is 187 Å². The minimum Gasteiger partial charge on any atom is -0.339 e. The minimum absolute atomic E-state index is 0.0122. The van der Waals surface area contributed by atoms with Crippen LogP contribution in [0.4, 0.5) is 0 Å². The third-order valence-electron chi connectivity index (χ3n) is 5.83. The van der Waals surface area contributed by atoms with E-state index in [-0.39, 0.29) is 23.1 Å². The predicted octanol–water partition coefficient (Wildman–Crippen LogP) is 3.43. The Balaban J connectivity index is 1.60. The van der Waals surface area contributed by atoms with Crippen LogP contribution in [0.1, 0.15) is 12.5 Å². The molecule has 0 atom stereocenters. The number of sulfone groups is 1. The van der Waals surface area contributed by atoms with Crippen molar-refractivity contribution in [2.45, 2.75) is 24.1 Å². The maximum Gasteiger partial charge on any atom is 0.242 e. The molecular formula is C23H26ClN3O3S. The van der Waals surface area contributed by atoms with E-state index in [4.69, 9.17) is 11.6 Å². The highest BCUT2D eigenvalue weighted by molar-refractivity contribution is 7.90. The first-order valence-corrected chi connectivity index (χ1v) is 12.5. The number of para-hydroxylation sites is 1. The number of fused-ring (bicyclic) bond motifs is 1. The standard InChI is InChI=1S/C23H26ClN3O3S/c1-2-25-11-13-26(14-12-25)23(28)16-27-15-22(20-5-3-4-6-21(20)27)31(29,30)17-18-7-9-19(24)10-8-18/h3-10,15H,2,11-14,16-17H2,1H3. The first-order chi connectivity index (χ1) is 14.9. The maximum absolute atomic E-state index is 13.2. The van der Waals surface area contributed by atoms with Gasteiger partial charge in [0.15, 0.2) is 9.84 Å². The van der Waals surface area contributed by atoms with Crippen molar-refractivity contribution in [2.24, 2.45) is 0 Å². The number of halogens is 1. The molecule has 8 heteroatoms. The van der Waals surface area contributed by atoms with Gasteiger partial charge in [0.25, 0.3) is 0 Å². The molecule has 2 heterocycles. The van der Waals surface area contributed by atoms with Crippen molar-refractivity contribution >= 4 is 38.2 Å². The molecule has 0 saturated carbocycles. The molecule has 1 aliphatic rings. The molecule has 6 nitrogen and oxygen atoms in total. The number of likely N-dealkylation sites (N-methyl/N-ethyl adjacent to an activating group) is 1. The van der Waals surface area contributed by atoms with E-state index in [9.17, 15) is 13.2 Å². The fourth-order valence-corrected chi connectivity index (χ4v) is 5.74. The van der Waals surface area contributed by atoms with E-state index in [1.54, 1.807) is 41.1 Å². The second-order valence-corrected chi connectivity index (χ2v) is 10.2. The van der Waals surface area contributed by atoms with E-state index in [1.165, 1.54) is 0 Å². The molecular weight excluding hydrogens is 434 g/mol. The summed E-state index contributed by atoms with van der Waals surface area (Å²) < 4.78 is 28.2. The molecule has 0 radical (unpaired) electrons. The molecule has 0 N–H and O–H groups in total. The number of nitrogens with zero attached hydrogens (tertiary/aromatic N) is 3. The van der Waals surface area contributed by atoms with Gasteiger partial charge in [-0.1, -0.05) is 48.9 Å². The number of hydrogen-bond donors (Lipinski definition) is 0. The second-order valence-electron chi connectivity index (χ2n) is 7.84. The fraction of sp³-hybridized carbons (Fsp3) is 0.348. The Bertz CT molecular complexity index is 1180. The topological polar surface area (TPSA) is 62.6 Å². The number of benzene rings is 2. The number of rotatable bonds is 6. The Morgan fingerprint density at radius 2 is 1.68 bits per heavy atom. The SMILES string of the molecule is CCN1CCN(C(=O)Cn2cc(S(=O)(=O)Cc3ccc(Cl)cc3)c3ccccc32)CC1. The van der Waals surface area contributed by atoms with Crippen molar-refractivity contribution in [2.75, 3.05) is 32.7 Å². The quantitative estimate of drug-likeness (QED) is 0.566. The monoisotopic (exact) mass is 459 g/mol. The Morgan fingerprint density at radius 1 is 1.00 bits per heavy atom. The summed E-state index contributed by atoms with van der Waals surface area (Å²) >= 11 is 5.92. The van der Waals surface area contributed by atoms with Crippen molar-refractivity contribution in [1.29, 1.82) is 0 Å². The van der Waals surface area contributed by atoms with Crippen LogP contribution in [-0.4, -0.2) is 61.4 Å². The molecule has 31 heavy (non-hydrogen) atoms. The van der Waals surface area contributed by atoms with Gasteiger partial charge in [-0.15, -0.1) is 0 Å². The summed E-state index contributed by atoms with van der Waals surface area (Å²) in [5, 5.41) is 1.20. The molecule has 0 aliphatic carbocycles. The summed E-state index contributed by atoms with van der Waals surface area (Å²) in [6, 6.07) is 14.2. The number of piperazine rings is 1. The summed E-state index contributed by atoms with van der Waals surface area (Å²) in [4.78, 5) is 17.3. The van der Waals surface area contributed by atoms with Gasteiger partial charge in [-0.05, 0) is 30.3 Å². The maximum atomic E-state index is 13.2. The van der Waals surface area contributed by atoms with Gasteiger partial charge >= 0.3 is 0 Å². The number of amides is 1. The zero-order valence-electron chi connectivity index (χ0n) is 17.5. The smallest absolute Gasteiger partial charge is 0.242 e. The van der Waals surface area contributed by atoms with Gasteiger partial charge < -0.3 is 14.4 Å². The zero-order valence-corrected chi connectivity index (χ0v) is 19.1. The number of carbonyl (C=O) groups is 1. The predicted molar refractivity (Wildman–Crippen MR) is 123 cm³/mol. The van der Waals surface area contributed by atoms with Gasteiger partial charge in [-0.2, -0.15) is 0 Å². The molecule has 0 spiro atoms. The van der Waals surface area contributed by atoms with Crippen LogP contribution in [0, 0.1) is 0 Å². The lowest BCUT2D eigenvalue weighted by atomic mass is 10.2. The molecule has 164 valence electrons. The van der Waals surface area contributed by atoms with Crippen molar-refractivity contribution in [3.8, 4) is 0 Å². The molecule has 1 fully saturated rings. The van der Waals surface area contributed by atoms with Crippen molar-refractivity contribution in [1.82, 2.24) is 14.4 Å². The molecule has 3 aromatic rings. The summed E-state index contributed by atoms with van der Waals surface area (Å²) in [6.45, 7) is 6.38. The molecule has 1 saturated heterocycles. The number of hydrogen-bond acceptors (Lipinski definition) is 4. The van der Waals surface area contributed by atoms with Gasteiger partial charge in [0.05, 0.1) is 10.6 Å². The van der Waals surface area contributed by atoms with Crippen LogP contribution >= 0.6 is 11.6 Å². The van der Waals surface area contributed by atoms with E-state index in [1.807, 2.05) is 23.1 Å². The Morgan fingerprint density at radius 3 is 2.35 bits per heavy atom. The summed E-state index contributed by atoms with van der Waals surface area (Å²) in [7, 11) is -3.60. The summed E-state index contributed by atoms with van der Waals surface area (Å²) in [5.74, 6) is -0.108. The lowest BCUT2D eigenvalue weighted by molar-refractivity contribution is -0.133. The van der Waals surface area contributed by atoms with Crippen LogP contribution in [-0.2, 0) is 26.9 Å². The highest BCUT2D eigenvalue weighted by Crippen LogP contribution is 2.28. The lowest BCUT2D eigenvalue weighted by Gasteiger charge is -2.34. The first kappa shape index (κ1) is 21.9. The molecule has 0 unspecified atom stereocenters. The van der Waals surface area contributed by atoms with Gasteiger partial charge in [-0.3, -0.25) is 4.79 Å². The summed E-state index contributed by atoms with van der Waals surface area (Å²) in [5.41, 5.74) is 1.42.